The fraction of sp³-hybridized carbons (Fsp3) is 0.278. The highest BCUT2D eigenvalue weighted by Gasteiger charge is 2.12. The summed E-state index contributed by atoms with van der Waals surface area (Å²) in [4.78, 5) is 12.0. The van der Waals surface area contributed by atoms with Crippen LogP contribution in [0.3, 0.4) is 0 Å². The van der Waals surface area contributed by atoms with Crippen molar-refractivity contribution in [1.29, 1.82) is 0 Å². The van der Waals surface area contributed by atoms with Crippen LogP contribution in [0, 0.1) is 5.82 Å². The molecule has 2 nitrogen and oxygen atoms in total. The zero-order valence-corrected chi connectivity index (χ0v) is 13.4. The molecule has 4 heteroatoms. The van der Waals surface area contributed by atoms with Gasteiger partial charge in [0.15, 0.2) is 0 Å². The van der Waals surface area contributed by atoms with Crippen LogP contribution in [0.5, 0.6) is 0 Å². The summed E-state index contributed by atoms with van der Waals surface area (Å²) in [6.07, 6.45) is 0.860. The Morgan fingerprint density at radius 1 is 1.14 bits per heavy atom. The minimum atomic E-state index is -0.236. The molecule has 0 aromatic heterocycles. The molecule has 22 heavy (non-hydrogen) atoms. The minimum Gasteiger partial charge on any atom is -0.349 e. The normalized spacial score (nSPS) is 11.9. The number of nitrogens with one attached hydrogen (secondary N) is 1. The molecule has 2 aromatic rings. The van der Waals surface area contributed by atoms with E-state index in [1.165, 1.54) is 23.9 Å². The van der Waals surface area contributed by atoms with Gasteiger partial charge in [-0.05, 0) is 29.7 Å². The van der Waals surface area contributed by atoms with E-state index in [1.54, 1.807) is 12.1 Å². The highest BCUT2D eigenvalue weighted by Crippen LogP contribution is 2.17. The highest BCUT2D eigenvalue weighted by atomic mass is 32.2. The molecule has 0 aliphatic heterocycles. The van der Waals surface area contributed by atoms with Gasteiger partial charge in [0.05, 0.1) is 11.8 Å². The molecule has 116 valence electrons. The van der Waals surface area contributed by atoms with Crippen molar-refractivity contribution in [1.82, 2.24) is 5.32 Å². The Hall–Kier alpha value is -1.81. The van der Waals surface area contributed by atoms with Crippen molar-refractivity contribution >= 4 is 17.7 Å². The van der Waals surface area contributed by atoms with Crippen LogP contribution >= 0.6 is 11.8 Å². The third-order valence-corrected chi connectivity index (χ3v) is 4.36. The Kier molecular flexibility index (Phi) is 6.46. The van der Waals surface area contributed by atoms with Gasteiger partial charge in [-0.1, -0.05) is 49.4 Å². The lowest BCUT2D eigenvalue weighted by atomic mass is 10.0. The summed E-state index contributed by atoms with van der Waals surface area (Å²) in [5, 5.41) is 3.06. The van der Waals surface area contributed by atoms with Crippen molar-refractivity contribution in [3.8, 4) is 0 Å². The second kappa shape index (κ2) is 8.59. The third kappa shape index (κ3) is 5.19. The molecule has 1 atom stereocenters. The summed E-state index contributed by atoms with van der Waals surface area (Å²) in [6.45, 7) is 2.06. The van der Waals surface area contributed by atoms with Gasteiger partial charge in [-0.2, -0.15) is 0 Å². The molecule has 0 spiro atoms. The molecular formula is C18H20FNOS. The van der Waals surface area contributed by atoms with Crippen LogP contribution in [0.25, 0.3) is 0 Å². The fourth-order valence-corrected chi connectivity index (χ4v) is 2.98. The molecule has 0 aliphatic carbocycles. The van der Waals surface area contributed by atoms with E-state index >= 15 is 0 Å². The van der Waals surface area contributed by atoms with Gasteiger partial charge in [-0.3, -0.25) is 4.79 Å². The predicted octanol–water partition coefficient (Wildman–Crippen LogP) is 4.33. The molecular weight excluding hydrogens is 297 g/mol. The number of hydrogen-bond donors (Lipinski definition) is 1. The summed E-state index contributed by atoms with van der Waals surface area (Å²) in [7, 11) is 0. The quantitative estimate of drug-likeness (QED) is 0.823. The Bertz CT molecular complexity index is 586. The lowest BCUT2D eigenvalue weighted by Crippen LogP contribution is -2.29. The Balaban J connectivity index is 1.78. The molecule has 0 saturated heterocycles. The summed E-state index contributed by atoms with van der Waals surface area (Å²) < 4.78 is 12.8. The van der Waals surface area contributed by atoms with Gasteiger partial charge < -0.3 is 5.32 Å². The van der Waals surface area contributed by atoms with Gasteiger partial charge in [0.25, 0.3) is 0 Å². The Morgan fingerprint density at radius 2 is 1.82 bits per heavy atom. The van der Waals surface area contributed by atoms with E-state index in [-0.39, 0.29) is 17.8 Å². The van der Waals surface area contributed by atoms with Crippen molar-refractivity contribution in [3.05, 3.63) is 71.5 Å². The van der Waals surface area contributed by atoms with Crippen LogP contribution in [0.2, 0.25) is 0 Å². The van der Waals surface area contributed by atoms with Gasteiger partial charge in [0, 0.05) is 5.75 Å². The molecule has 0 radical (unpaired) electrons. The zero-order chi connectivity index (χ0) is 15.8. The summed E-state index contributed by atoms with van der Waals surface area (Å²) in [5.41, 5.74) is 2.15. The first kappa shape index (κ1) is 16.6. The minimum absolute atomic E-state index is 0.0304. The van der Waals surface area contributed by atoms with E-state index in [4.69, 9.17) is 0 Å². The molecule has 0 fully saturated rings. The number of carbonyl (C=O) groups is 1. The third-order valence-electron chi connectivity index (χ3n) is 3.36. The first-order chi connectivity index (χ1) is 10.7. The van der Waals surface area contributed by atoms with Crippen molar-refractivity contribution in [2.45, 2.75) is 25.1 Å². The maximum atomic E-state index is 12.8. The average molecular weight is 317 g/mol. The van der Waals surface area contributed by atoms with Gasteiger partial charge >= 0.3 is 0 Å². The molecule has 0 saturated carbocycles. The second-order valence-electron chi connectivity index (χ2n) is 5.06. The van der Waals surface area contributed by atoms with Crippen molar-refractivity contribution in [3.63, 3.8) is 0 Å². The summed E-state index contributed by atoms with van der Waals surface area (Å²) in [5.74, 6) is 0.902. The molecule has 0 unspecified atom stereocenters. The van der Waals surface area contributed by atoms with E-state index in [0.717, 1.165) is 17.5 Å². The summed E-state index contributed by atoms with van der Waals surface area (Å²) in [6, 6.07) is 16.4. The number of rotatable bonds is 7. The van der Waals surface area contributed by atoms with Crippen molar-refractivity contribution in [2.75, 3.05) is 5.75 Å². The van der Waals surface area contributed by atoms with E-state index in [2.05, 4.69) is 12.2 Å². The maximum absolute atomic E-state index is 12.8. The van der Waals surface area contributed by atoms with Gasteiger partial charge in [-0.15, -0.1) is 11.8 Å². The highest BCUT2D eigenvalue weighted by molar-refractivity contribution is 7.99. The SMILES string of the molecule is CC[C@H](NC(=O)CSCc1ccc(F)cc1)c1ccccc1. The van der Waals surface area contributed by atoms with Crippen LogP contribution < -0.4 is 5.32 Å². The van der Waals surface area contributed by atoms with Crippen LogP contribution in [-0.2, 0) is 10.5 Å². The lowest BCUT2D eigenvalue weighted by molar-refractivity contribution is -0.119. The Morgan fingerprint density at radius 3 is 2.45 bits per heavy atom. The summed E-state index contributed by atoms with van der Waals surface area (Å²) >= 11 is 1.53. The van der Waals surface area contributed by atoms with Crippen molar-refractivity contribution < 1.29 is 9.18 Å². The topological polar surface area (TPSA) is 29.1 Å². The van der Waals surface area contributed by atoms with Crippen LogP contribution in [-0.4, -0.2) is 11.7 Å². The second-order valence-corrected chi connectivity index (χ2v) is 6.04. The zero-order valence-electron chi connectivity index (χ0n) is 12.6. The molecule has 2 rings (SSSR count). The van der Waals surface area contributed by atoms with E-state index in [9.17, 15) is 9.18 Å². The van der Waals surface area contributed by atoms with Gasteiger partial charge in [0.2, 0.25) is 5.91 Å². The van der Waals surface area contributed by atoms with Crippen LogP contribution in [0.15, 0.2) is 54.6 Å². The number of hydrogen-bond acceptors (Lipinski definition) is 2. The van der Waals surface area contributed by atoms with Crippen LogP contribution in [0.4, 0.5) is 4.39 Å². The number of thioether (sulfide) groups is 1. The molecule has 0 heterocycles. The standard InChI is InChI=1S/C18H20FNOS/c1-2-17(15-6-4-3-5-7-15)20-18(21)13-22-12-14-8-10-16(19)11-9-14/h3-11,17H,2,12-13H2,1H3,(H,20,21)/t17-/m0/s1. The number of amides is 1. The number of benzene rings is 2. The smallest absolute Gasteiger partial charge is 0.230 e. The molecule has 1 amide bonds. The molecule has 0 aliphatic rings. The maximum Gasteiger partial charge on any atom is 0.230 e. The average Bonchev–Trinajstić information content (AvgIpc) is 2.55. The number of halogens is 1. The predicted molar refractivity (Wildman–Crippen MR) is 90.2 cm³/mol. The monoisotopic (exact) mass is 317 g/mol. The lowest BCUT2D eigenvalue weighted by Gasteiger charge is -2.17. The van der Waals surface area contributed by atoms with E-state index in [0.29, 0.717) is 11.5 Å². The first-order valence-corrected chi connectivity index (χ1v) is 8.51. The van der Waals surface area contributed by atoms with Crippen LogP contribution in [0.1, 0.15) is 30.5 Å². The Labute approximate surface area is 135 Å². The first-order valence-electron chi connectivity index (χ1n) is 7.35. The van der Waals surface area contributed by atoms with E-state index < -0.39 is 0 Å². The molecule has 1 N–H and O–H groups in total. The van der Waals surface area contributed by atoms with Gasteiger partial charge in [0.1, 0.15) is 5.82 Å². The van der Waals surface area contributed by atoms with Gasteiger partial charge in [-0.25, -0.2) is 4.39 Å². The number of carbonyl (C=O) groups excluding carboxylic acids is 1. The molecule has 0 bridgehead atoms. The van der Waals surface area contributed by atoms with Crippen molar-refractivity contribution in [2.24, 2.45) is 0 Å². The fourth-order valence-electron chi connectivity index (χ4n) is 2.18. The molecule has 2 aromatic carbocycles. The largest absolute Gasteiger partial charge is 0.349 e. The van der Waals surface area contributed by atoms with E-state index in [1.807, 2.05) is 30.3 Å².